The molecule has 0 amide bonds. The van der Waals surface area contributed by atoms with Gasteiger partial charge in [-0.25, -0.2) is 4.98 Å². The summed E-state index contributed by atoms with van der Waals surface area (Å²) in [5.74, 6) is 0.647. The fourth-order valence-corrected chi connectivity index (χ4v) is 1.57. The molecule has 1 rings (SSSR count). The summed E-state index contributed by atoms with van der Waals surface area (Å²) < 4.78 is 0. The van der Waals surface area contributed by atoms with Crippen LogP contribution in [0.15, 0.2) is 5.38 Å². The Morgan fingerprint density at radius 3 is 2.50 bits per heavy atom. The number of nitrogens with one attached hydrogen (secondary N) is 1. The molecule has 1 heterocycles. The number of rotatable bonds is 3. The maximum Gasteiger partial charge on any atom is 0.183 e. The van der Waals surface area contributed by atoms with E-state index in [2.05, 4.69) is 36.5 Å². The Hall–Kier alpha value is -0.570. The molecule has 1 aromatic heterocycles. The van der Waals surface area contributed by atoms with Crippen molar-refractivity contribution in [3.8, 4) is 0 Å². The largest absolute Gasteiger partial charge is 0.359 e. The summed E-state index contributed by atoms with van der Waals surface area (Å²) in [5, 5.41) is 6.47. The first-order valence-corrected chi connectivity index (χ1v) is 5.16. The molecule has 0 spiro atoms. The van der Waals surface area contributed by atoms with Crippen molar-refractivity contribution in [2.24, 2.45) is 5.92 Å². The van der Waals surface area contributed by atoms with Crippen LogP contribution >= 0.6 is 11.3 Å². The van der Waals surface area contributed by atoms with Crippen molar-refractivity contribution in [1.82, 2.24) is 4.98 Å². The van der Waals surface area contributed by atoms with E-state index >= 15 is 0 Å². The zero-order valence-corrected chi connectivity index (χ0v) is 8.90. The van der Waals surface area contributed by atoms with Gasteiger partial charge in [-0.1, -0.05) is 13.8 Å². The lowest BCUT2D eigenvalue weighted by molar-refractivity contribution is 0.559. The summed E-state index contributed by atoms with van der Waals surface area (Å²) in [7, 11) is 0. The molecule has 1 unspecified atom stereocenters. The molecule has 1 N–H and O–H groups in total. The van der Waals surface area contributed by atoms with E-state index in [1.54, 1.807) is 11.3 Å². The molecule has 0 saturated heterocycles. The SMILES string of the molecule is Cc1csc(NC(C)C(C)C)n1. The van der Waals surface area contributed by atoms with E-state index in [1.807, 2.05) is 6.92 Å². The first-order valence-electron chi connectivity index (χ1n) is 4.28. The minimum Gasteiger partial charge on any atom is -0.359 e. The Balaban J connectivity index is 2.52. The van der Waals surface area contributed by atoms with E-state index in [9.17, 15) is 0 Å². The zero-order valence-electron chi connectivity index (χ0n) is 8.09. The minimum atomic E-state index is 0.496. The highest BCUT2D eigenvalue weighted by Crippen LogP contribution is 2.17. The van der Waals surface area contributed by atoms with Gasteiger partial charge < -0.3 is 5.32 Å². The molecule has 0 aliphatic heterocycles. The summed E-state index contributed by atoms with van der Waals surface area (Å²) in [6.45, 7) is 8.61. The van der Waals surface area contributed by atoms with Gasteiger partial charge in [-0.2, -0.15) is 0 Å². The number of nitrogens with zero attached hydrogens (tertiary/aromatic N) is 1. The van der Waals surface area contributed by atoms with Gasteiger partial charge in [-0.15, -0.1) is 11.3 Å². The summed E-state index contributed by atoms with van der Waals surface area (Å²) in [5.41, 5.74) is 1.10. The van der Waals surface area contributed by atoms with Crippen molar-refractivity contribution in [1.29, 1.82) is 0 Å². The molecular weight excluding hydrogens is 168 g/mol. The van der Waals surface area contributed by atoms with Gasteiger partial charge >= 0.3 is 0 Å². The van der Waals surface area contributed by atoms with Gasteiger partial charge in [0.25, 0.3) is 0 Å². The molecule has 0 radical (unpaired) electrons. The van der Waals surface area contributed by atoms with Crippen molar-refractivity contribution in [2.75, 3.05) is 5.32 Å². The van der Waals surface area contributed by atoms with E-state index < -0.39 is 0 Å². The maximum absolute atomic E-state index is 4.34. The van der Waals surface area contributed by atoms with Crippen LogP contribution in [0.2, 0.25) is 0 Å². The van der Waals surface area contributed by atoms with Crippen molar-refractivity contribution in [3.63, 3.8) is 0 Å². The van der Waals surface area contributed by atoms with Crippen LogP contribution in [0.4, 0.5) is 5.13 Å². The summed E-state index contributed by atoms with van der Waals surface area (Å²) in [6.07, 6.45) is 0. The molecule has 1 aromatic rings. The second-order valence-corrected chi connectivity index (χ2v) is 4.33. The van der Waals surface area contributed by atoms with Gasteiger partial charge in [0, 0.05) is 11.4 Å². The van der Waals surface area contributed by atoms with Gasteiger partial charge in [0.2, 0.25) is 0 Å². The highest BCUT2D eigenvalue weighted by molar-refractivity contribution is 7.13. The van der Waals surface area contributed by atoms with Crippen molar-refractivity contribution in [3.05, 3.63) is 11.1 Å². The molecule has 3 heteroatoms. The van der Waals surface area contributed by atoms with Crippen LogP contribution in [0, 0.1) is 12.8 Å². The van der Waals surface area contributed by atoms with E-state index in [4.69, 9.17) is 0 Å². The molecule has 12 heavy (non-hydrogen) atoms. The average Bonchev–Trinajstić information content (AvgIpc) is 2.35. The van der Waals surface area contributed by atoms with Gasteiger partial charge in [0.05, 0.1) is 5.69 Å². The number of anilines is 1. The minimum absolute atomic E-state index is 0.496. The van der Waals surface area contributed by atoms with Crippen LogP contribution in [-0.4, -0.2) is 11.0 Å². The van der Waals surface area contributed by atoms with Crippen molar-refractivity contribution in [2.45, 2.75) is 33.7 Å². The molecule has 68 valence electrons. The highest BCUT2D eigenvalue weighted by Gasteiger charge is 2.07. The zero-order chi connectivity index (χ0) is 9.14. The van der Waals surface area contributed by atoms with Crippen molar-refractivity contribution >= 4 is 16.5 Å². The van der Waals surface area contributed by atoms with Crippen molar-refractivity contribution < 1.29 is 0 Å². The summed E-state index contributed by atoms with van der Waals surface area (Å²) >= 11 is 1.67. The summed E-state index contributed by atoms with van der Waals surface area (Å²) in [6, 6.07) is 0.496. The normalized spacial score (nSPS) is 13.4. The molecular formula is C9H16N2S. The number of thiazole rings is 1. The first kappa shape index (κ1) is 9.52. The molecule has 0 aromatic carbocycles. The van der Waals surface area contributed by atoms with Gasteiger partial charge in [-0.05, 0) is 19.8 Å². The lowest BCUT2D eigenvalue weighted by atomic mass is 10.1. The summed E-state index contributed by atoms with van der Waals surface area (Å²) in [4.78, 5) is 4.34. The molecule has 2 nitrogen and oxygen atoms in total. The third kappa shape index (κ3) is 2.48. The Labute approximate surface area is 78.0 Å². The Kier molecular flexibility index (Phi) is 3.09. The quantitative estimate of drug-likeness (QED) is 0.781. The molecule has 0 aliphatic carbocycles. The lowest BCUT2D eigenvalue weighted by Gasteiger charge is -2.16. The molecule has 1 atom stereocenters. The van der Waals surface area contributed by atoms with E-state index in [0.717, 1.165) is 10.8 Å². The molecule has 0 bridgehead atoms. The first-order chi connectivity index (χ1) is 5.59. The third-order valence-corrected chi connectivity index (χ3v) is 2.86. The highest BCUT2D eigenvalue weighted by atomic mass is 32.1. The second-order valence-electron chi connectivity index (χ2n) is 3.47. The topological polar surface area (TPSA) is 24.9 Å². The Morgan fingerprint density at radius 1 is 1.42 bits per heavy atom. The van der Waals surface area contributed by atoms with Crippen LogP contribution in [0.3, 0.4) is 0 Å². The third-order valence-electron chi connectivity index (χ3n) is 1.97. The predicted molar refractivity (Wildman–Crippen MR) is 54.8 cm³/mol. The molecule has 0 saturated carbocycles. The smallest absolute Gasteiger partial charge is 0.183 e. The van der Waals surface area contributed by atoms with Gasteiger partial charge in [-0.3, -0.25) is 0 Å². The van der Waals surface area contributed by atoms with Gasteiger partial charge in [0.1, 0.15) is 0 Å². The monoisotopic (exact) mass is 184 g/mol. The number of aromatic nitrogens is 1. The molecule has 0 fully saturated rings. The van der Waals surface area contributed by atoms with Crippen LogP contribution < -0.4 is 5.32 Å². The van der Waals surface area contributed by atoms with E-state index in [-0.39, 0.29) is 0 Å². The number of hydrogen-bond acceptors (Lipinski definition) is 3. The number of hydrogen-bond donors (Lipinski definition) is 1. The predicted octanol–water partition coefficient (Wildman–Crippen LogP) is 2.91. The van der Waals surface area contributed by atoms with Crippen LogP contribution in [0.25, 0.3) is 0 Å². The standard InChI is InChI=1S/C9H16N2S/c1-6(2)8(4)11-9-10-7(3)5-12-9/h5-6,8H,1-4H3,(H,10,11). The van der Waals surface area contributed by atoms with Crippen LogP contribution in [-0.2, 0) is 0 Å². The fourth-order valence-electron chi connectivity index (χ4n) is 0.782. The van der Waals surface area contributed by atoms with Crippen LogP contribution in [0.1, 0.15) is 26.5 Å². The maximum atomic E-state index is 4.34. The Bertz CT molecular complexity index is 242. The average molecular weight is 184 g/mol. The Morgan fingerprint density at radius 2 is 2.08 bits per heavy atom. The molecule has 0 aliphatic rings. The van der Waals surface area contributed by atoms with E-state index in [1.165, 1.54) is 0 Å². The second kappa shape index (κ2) is 3.90. The fraction of sp³-hybridized carbons (Fsp3) is 0.667. The van der Waals surface area contributed by atoms with E-state index in [0.29, 0.717) is 12.0 Å². The number of aryl methyl sites for hydroxylation is 1. The van der Waals surface area contributed by atoms with Gasteiger partial charge in [0.15, 0.2) is 5.13 Å². The lowest BCUT2D eigenvalue weighted by Crippen LogP contribution is -2.21. The van der Waals surface area contributed by atoms with Crippen LogP contribution in [0.5, 0.6) is 0 Å².